The molecule has 3 aromatic rings. The van der Waals surface area contributed by atoms with Crippen LogP contribution >= 0.6 is 11.3 Å². The fourth-order valence-electron chi connectivity index (χ4n) is 3.41. The Kier molecular flexibility index (Phi) is 2.82. The summed E-state index contributed by atoms with van der Waals surface area (Å²) in [5.74, 6) is 0. The molecule has 3 heteroatoms. The van der Waals surface area contributed by atoms with Gasteiger partial charge in [0.05, 0.1) is 5.69 Å². The highest BCUT2D eigenvalue weighted by molar-refractivity contribution is 7.13. The third kappa shape index (κ3) is 1.96. The smallest absolute Gasteiger partial charge is 0.180 e. The fraction of sp³-hybridized carbons (Fsp3) is 0.167. The average molecular weight is 292 g/mol. The summed E-state index contributed by atoms with van der Waals surface area (Å²) in [5.41, 5.74) is 11.1. The summed E-state index contributed by atoms with van der Waals surface area (Å²) < 4.78 is 0. The molecule has 0 spiro atoms. The van der Waals surface area contributed by atoms with Gasteiger partial charge in [-0.2, -0.15) is 0 Å². The van der Waals surface area contributed by atoms with Gasteiger partial charge in [-0.1, -0.05) is 54.6 Å². The van der Waals surface area contributed by atoms with Crippen LogP contribution in [0.25, 0.3) is 0 Å². The van der Waals surface area contributed by atoms with E-state index in [1.165, 1.54) is 28.0 Å². The molecule has 0 aliphatic heterocycles. The van der Waals surface area contributed by atoms with Crippen molar-refractivity contribution in [2.75, 3.05) is 5.73 Å². The van der Waals surface area contributed by atoms with Crippen molar-refractivity contribution in [3.63, 3.8) is 0 Å². The first-order chi connectivity index (χ1) is 10.3. The van der Waals surface area contributed by atoms with Crippen molar-refractivity contribution in [3.8, 4) is 0 Å². The van der Waals surface area contributed by atoms with Crippen LogP contribution in [0.5, 0.6) is 0 Å². The Morgan fingerprint density at radius 1 is 0.905 bits per heavy atom. The van der Waals surface area contributed by atoms with Gasteiger partial charge in [0.25, 0.3) is 0 Å². The van der Waals surface area contributed by atoms with Crippen molar-refractivity contribution in [2.24, 2.45) is 0 Å². The maximum Gasteiger partial charge on any atom is 0.180 e. The average Bonchev–Trinajstić information content (AvgIpc) is 3.12. The molecule has 0 saturated carbocycles. The van der Waals surface area contributed by atoms with E-state index in [4.69, 9.17) is 5.73 Å². The molecule has 0 radical (unpaired) electrons. The fourth-order valence-corrected chi connectivity index (χ4v) is 4.07. The molecule has 4 rings (SSSR count). The van der Waals surface area contributed by atoms with Crippen LogP contribution in [0, 0.1) is 0 Å². The molecule has 104 valence electrons. The van der Waals surface area contributed by atoms with Crippen LogP contribution in [0.15, 0.2) is 60.0 Å². The largest absolute Gasteiger partial charge is 0.375 e. The summed E-state index contributed by atoms with van der Waals surface area (Å²) in [6.45, 7) is 0. The molecule has 2 nitrogen and oxygen atoms in total. The van der Waals surface area contributed by atoms with Crippen molar-refractivity contribution in [3.05, 3.63) is 82.4 Å². The topological polar surface area (TPSA) is 38.9 Å². The highest BCUT2D eigenvalue weighted by Gasteiger charge is 2.41. The molecular formula is C18H16N2S. The number of nitrogens with zero attached hydrogens (tertiary/aromatic N) is 1. The summed E-state index contributed by atoms with van der Waals surface area (Å²) in [4.78, 5) is 4.62. The SMILES string of the molecule is Nc1nc(C2(c3ccccc3)Cc3ccccc3C2)cs1. The third-order valence-corrected chi connectivity index (χ3v) is 5.12. The molecule has 0 bridgehead atoms. The number of thiazole rings is 1. The lowest BCUT2D eigenvalue weighted by molar-refractivity contribution is 0.534. The first-order valence-electron chi connectivity index (χ1n) is 7.12. The van der Waals surface area contributed by atoms with Crippen molar-refractivity contribution >= 4 is 16.5 Å². The lowest BCUT2D eigenvalue weighted by atomic mass is 9.75. The maximum absolute atomic E-state index is 5.90. The molecule has 1 heterocycles. The molecule has 1 aliphatic carbocycles. The molecular weight excluding hydrogens is 276 g/mol. The third-order valence-electron chi connectivity index (χ3n) is 4.44. The van der Waals surface area contributed by atoms with Crippen LogP contribution < -0.4 is 5.73 Å². The Morgan fingerprint density at radius 2 is 1.52 bits per heavy atom. The van der Waals surface area contributed by atoms with Gasteiger partial charge < -0.3 is 5.73 Å². The van der Waals surface area contributed by atoms with Gasteiger partial charge >= 0.3 is 0 Å². The first-order valence-corrected chi connectivity index (χ1v) is 8.00. The number of rotatable bonds is 2. The Morgan fingerprint density at radius 3 is 2.10 bits per heavy atom. The van der Waals surface area contributed by atoms with Gasteiger partial charge in [-0.05, 0) is 29.5 Å². The second kappa shape index (κ2) is 4.71. The van der Waals surface area contributed by atoms with Gasteiger partial charge in [0.2, 0.25) is 0 Å². The van der Waals surface area contributed by atoms with Gasteiger partial charge in [-0.3, -0.25) is 0 Å². The summed E-state index contributed by atoms with van der Waals surface area (Å²) >= 11 is 1.53. The standard InChI is InChI=1S/C18H16N2S/c19-17-20-16(12-21-17)18(15-8-2-1-3-9-15)10-13-6-4-5-7-14(13)11-18/h1-9,12H,10-11H2,(H2,19,20). The molecule has 21 heavy (non-hydrogen) atoms. The molecule has 0 amide bonds. The van der Waals surface area contributed by atoms with Gasteiger partial charge in [-0.25, -0.2) is 4.98 Å². The minimum atomic E-state index is -0.0704. The van der Waals surface area contributed by atoms with Crippen molar-refractivity contribution < 1.29 is 0 Å². The molecule has 1 aliphatic rings. The second-order valence-electron chi connectivity index (χ2n) is 5.64. The zero-order valence-electron chi connectivity index (χ0n) is 11.6. The monoisotopic (exact) mass is 292 g/mol. The number of hydrogen-bond donors (Lipinski definition) is 1. The van der Waals surface area contributed by atoms with E-state index in [2.05, 4.69) is 65.0 Å². The number of nitrogen functional groups attached to an aromatic ring is 1. The van der Waals surface area contributed by atoms with E-state index in [9.17, 15) is 0 Å². The van der Waals surface area contributed by atoms with E-state index >= 15 is 0 Å². The highest BCUT2D eigenvalue weighted by Crippen LogP contribution is 2.45. The zero-order chi connectivity index (χ0) is 14.3. The Labute approximate surface area is 128 Å². The number of aromatic nitrogens is 1. The van der Waals surface area contributed by atoms with Crippen LogP contribution in [-0.2, 0) is 18.3 Å². The molecule has 0 saturated heterocycles. The maximum atomic E-state index is 5.90. The van der Waals surface area contributed by atoms with Crippen LogP contribution in [0.4, 0.5) is 5.13 Å². The quantitative estimate of drug-likeness (QED) is 0.780. The van der Waals surface area contributed by atoms with E-state index in [1.54, 1.807) is 0 Å². The van der Waals surface area contributed by atoms with Gasteiger partial charge in [0, 0.05) is 10.8 Å². The normalized spacial score (nSPS) is 15.8. The lowest BCUT2D eigenvalue weighted by Gasteiger charge is -2.28. The number of hydrogen-bond acceptors (Lipinski definition) is 3. The molecule has 0 fully saturated rings. The van der Waals surface area contributed by atoms with E-state index in [0.717, 1.165) is 18.5 Å². The summed E-state index contributed by atoms with van der Waals surface area (Å²) in [7, 11) is 0. The summed E-state index contributed by atoms with van der Waals surface area (Å²) in [6, 6.07) is 19.4. The molecule has 2 aromatic carbocycles. The Bertz CT molecular complexity index is 752. The lowest BCUT2D eigenvalue weighted by Crippen LogP contribution is -2.29. The van der Waals surface area contributed by atoms with Crippen molar-refractivity contribution in [1.29, 1.82) is 0 Å². The number of anilines is 1. The molecule has 0 atom stereocenters. The van der Waals surface area contributed by atoms with Crippen LogP contribution in [0.3, 0.4) is 0 Å². The van der Waals surface area contributed by atoms with Crippen molar-refractivity contribution in [2.45, 2.75) is 18.3 Å². The molecule has 0 unspecified atom stereocenters. The van der Waals surface area contributed by atoms with Gasteiger partial charge in [0.1, 0.15) is 0 Å². The van der Waals surface area contributed by atoms with E-state index in [-0.39, 0.29) is 5.41 Å². The minimum Gasteiger partial charge on any atom is -0.375 e. The van der Waals surface area contributed by atoms with Crippen LogP contribution in [0.2, 0.25) is 0 Å². The van der Waals surface area contributed by atoms with Crippen molar-refractivity contribution in [1.82, 2.24) is 4.98 Å². The summed E-state index contributed by atoms with van der Waals surface area (Å²) in [6.07, 6.45) is 1.99. The second-order valence-corrected chi connectivity index (χ2v) is 6.53. The number of benzene rings is 2. The van der Waals surface area contributed by atoms with Gasteiger partial charge in [-0.15, -0.1) is 11.3 Å². The summed E-state index contributed by atoms with van der Waals surface area (Å²) in [5, 5.41) is 2.77. The van der Waals surface area contributed by atoms with E-state index in [1.807, 2.05) is 0 Å². The Hall–Kier alpha value is -2.13. The van der Waals surface area contributed by atoms with Crippen LogP contribution in [-0.4, -0.2) is 4.98 Å². The van der Waals surface area contributed by atoms with E-state index < -0.39 is 0 Å². The predicted molar refractivity (Wildman–Crippen MR) is 87.6 cm³/mol. The van der Waals surface area contributed by atoms with Crippen LogP contribution in [0.1, 0.15) is 22.4 Å². The first kappa shape index (κ1) is 12.6. The molecule has 2 N–H and O–H groups in total. The minimum absolute atomic E-state index is 0.0704. The highest BCUT2D eigenvalue weighted by atomic mass is 32.1. The van der Waals surface area contributed by atoms with Gasteiger partial charge in [0.15, 0.2) is 5.13 Å². The predicted octanol–water partition coefficient (Wildman–Crippen LogP) is 3.81. The zero-order valence-corrected chi connectivity index (χ0v) is 12.4. The number of fused-ring (bicyclic) bond motifs is 1. The Balaban J connectivity index is 1.90. The molecule has 1 aromatic heterocycles. The number of nitrogens with two attached hydrogens (primary N) is 1. The van der Waals surface area contributed by atoms with E-state index in [0.29, 0.717) is 5.13 Å².